The molecule has 2 heterocycles. The lowest BCUT2D eigenvalue weighted by atomic mass is 9.93. The minimum atomic E-state index is -0.250. The highest BCUT2D eigenvalue weighted by molar-refractivity contribution is 5.86. The zero-order valence-electron chi connectivity index (χ0n) is 22.0. The molecule has 0 amide bonds. The number of hydrogen-bond donors (Lipinski definition) is 4. The molecule has 1 aliphatic carbocycles. The predicted octanol–water partition coefficient (Wildman–Crippen LogP) is 4.40. The SMILES string of the molecule is CCCC(N)Nc1nc(N)nc2cnn(Cc3ccc(Oc4ccc(CNC5CCC5)cc4)cc3OC)c12. The van der Waals surface area contributed by atoms with Crippen molar-refractivity contribution in [2.24, 2.45) is 5.73 Å². The molecule has 1 unspecified atom stereocenters. The third kappa shape index (κ3) is 5.98. The van der Waals surface area contributed by atoms with Crippen molar-refractivity contribution in [3.05, 3.63) is 59.8 Å². The Kier molecular flexibility index (Phi) is 7.90. The predicted molar refractivity (Wildman–Crippen MR) is 149 cm³/mol. The van der Waals surface area contributed by atoms with E-state index in [2.05, 4.69) is 44.8 Å². The molecule has 1 aliphatic rings. The third-order valence-electron chi connectivity index (χ3n) is 6.87. The summed E-state index contributed by atoms with van der Waals surface area (Å²) in [5.41, 5.74) is 15.7. The fourth-order valence-electron chi connectivity index (χ4n) is 4.56. The number of ether oxygens (including phenoxy) is 2. The Morgan fingerprint density at radius 3 is 2.61 bits per heavy atom. The normalized spacial score (nSPS) is 14.3. The van der Waals surface area contributed by atoms with E-state index in [1.807, 2.05) is 35.0 Å². The average Bonchev–Trinajstić information content (AvgIpc) is 3.27. The third-order valence-corrected chi connectivity index (χ3v) is 6.87. The number of rotatable bonds is 12. The van der Waals surface area contributed by atoms with Crippen molar-refractivity contribution in [2.45, 2.75) is 64.3 Å². The summed E-state index contributed by atoms with van der Waals surface area (Å²) in [5.74, 6) is 2.90. The highest BCUT2D eigenvalue weighted by Gasteiger charge is 2.17. The van der Waals surface area contributed by atoms with E-state index in [0.29, 0.717) is 35.4 Å². The van der Waals surface area contributed by atoms with Gasteiger partial charge in [-0.2, -0.15) is 10.1 Å². The molecular weight excluding hydrogens is 480 g/mol. The largest absolute Gasteiger partial charge is 0.496 e. The molecule has 10 nitrogen and oxygen atoms in total. The standard InChI is InChI=1S/C28H36N8O2/c1-3-5-25(29)34-27-26-23(33-28(30)35-27)16-32-36(26)17-19-10-13-22(14-24(19)37-2)38-21-11-8-18(9-12-21)15-31-20-6-4-7-20/h8-14,16,20,25,31H,3-7,15,17,29H2,1-2H3,(H3,30,33,34,35). The number of nitrogens with one attached hydrogen (secondary N) is 2. The van der Waals surface area contributed by atoms with E-state index in [9.17, 15) is 0 Å². The summed E-state index contributed by atoms with van der Waals surface area (Å²) >= 11 is 0. The summed E-state index contributed by atoms with van der Waals surface area (Å²) in [7, 11) is 1.65. The lowest BCUT2D eigenvalue weighted by Gasteiger charge is -2.26. The molecule has 2 aromatic heterocycles. The zero-order chi connectivity index (χ0) is 26.5. The van der Waals surface area contributed by atoms with Crippen molar-refractivity contribution >= 4 is 22.8 Å². The van der Waals surface area contributed by atoms with Crippen molar-refractivity contribution in [2.75, 3.05) is 18.2 Å². The first-order chi connectivity index (χ1) is 18.5. The number of aromatic nitrogens is 4. The van der Waals surface area contributed by atoms with Crippen LogP contribution < -0.4 is 31.6 Å². The summed E-state index contributed by atoms with van der Waals surface area (Å²) in [5, 5.41) is 11.4. The maximum Gasteiger partial charge on any atom is 0.222 e. The van der Waals surface area contributed by atoms with Gasteiger partial charge in [-0.25, -0.2) is 4.98 Å². The molecule has 0 bridgehead atoms. The Morgan fingerprint density at radius 2 is 1.89 bits per heavy atom. The lowest BCUT2D eigenvalue weighted by molar-refractivity contribution is 0.338. The van der Waals surface area contributed by atoms with Gasteiger partial charge in [0.1, 0.15) is 28.3 Å². The van der Waals surface area contributed by atoms with Crippen LogP contribution in [0.1, 0.15) is 50.2 Å². The summed E-state index contributed by atoms with van der Waals surface area (Å²) < 4.78 is 13.6. The van der Waals surface area contributed by atoms with Crippen molar-refractivity contribution in [3.8, 4) is 17.2 Å². The number of anilines is 2. The quantitative estimate of drug-likeness (QED) is 0.202. The van der Waals surface area contributed by atoms with Crippen LogP contribution in [0.5, 0.6) is 17.2 Å². The Balaban J connectivity index is 1.31. The second-order valence-corrected chi connectivity index (χ2v) is 9.73. The van der Waals surface area contributed by atoms with Crippen LogP contribution in [0.15, 0.2) is 48.7 Å². The van der Waals surface area contributed by atoms with Crippen LogP contribution >= 0.6 is 0 Å². The van der Waals surface area contributed by atoms with Crippen molar-refractivity contribution in [1.29, 1.82) is 0 Å². The van der Waals surface area contributed by atoms with Crippen LogP contribution in [0.4, 0.5) is 11.8 Å². The van der Waals surface area contributed by atoms with Gasteiger partial charge in [-0.15, -0.1) is 0 Å². The number of hydrogen-bond acceptors (Lipinski definition) is 9. The summed E-state index contributed by atoms with van der Waals surface area (Å²) in [6.07, 6.45) is 7.08. The second kappa shape index (κ2) is 11.7. The number of nitrogens with two attached hydrogens (primary N) is 2. The number of methoxy groups -OCH3 is 1. The summed E-state index contributed by atoms with van der Waals surface area (Å²) in [4.78, 5) is 8.73. The average molecular weight is 517 g/mol. The number of benzene rings is 2. The van der Waals surface area contributed by atoms with Gasteiger partial charge in [0.25, 0.3) is 0 Å². The minimum Gasteiger partial charge on any atom is -0.496 e. The van der Waals surface area contributed by atoms with Crippen molar-refractivity contribution in [1.82, 2.24) is 25.1 Å². The maximum atomic E-state index is 6.22. The van der Waals surface area contributed by atoms with E-state index in [1.165, 1.54) is 24.8 Å². The fourth-order valence-corrected chi connectivity index (χ4v) is 4.56. The van der Waals surface area contributed by atoms with Crippen molar-refractivity contribution in [3.63, 3.8) is 0 Å². The molecule has 2 aromatic carbocycles. The Morgan fingerprint density at radius 1 is 1.11 bits per heavy atom. The highest BCUT2D eigenvalue weighted by Crippen LogP contribution is 2.31. The molecule has 0 saturated heterocycles. The first-order valence-corrected chi connectivity index (χ1v) is 13.2. The Bertz CT molecular complexity index is 1370. The zero-order valence-corrected chi connectivity index (χ0v) is 22.0. The van der Waals surface area contributed by atoms with E-state index >= 15 is 0 Å². The van der Waals surface area contributed by atoms with Gasteiger partial charge in [0, 0.05) is 24.2 Å². The molecule has 5 rings (SSSR count). The fraction of sp³-hybridized carbons (Fsp3) is 0.393. The highest BCUT2D eigenvalue weighted by atomic mass is 16.5. The first-order valence-electron chi connectivity index (χ1n) is 13.2. The molecule has 1 atom stereocenters. The van der Waals surface area contributed by atoms with Gasteiger partial charge in [-0.1, -0.05) is 31.9 Å². The van der Waals surface area contributed by atoms with Crippen LogP contribution in [0.3, 0.4) is 0 Å². The molecule has 1 fully saturated rings. The summed E-state index contributed by atoms with van der Waals surface area (Å²) in [6, 6.07) is 14.7. The van der Waals surface area contributed by atoms with Crippen molar-refractivity contribution < 1.29 is 9.47 Å². The summed E-state index contributed by atoms with van der Waals surface area (Å²) in [6.45, 7) is 3.41. The van der Waals surface area contributed by atoms with Crippen LogP contribution in [0.25, 0.3) is 11.0 Å². The van der Waals surface area contributed by atoms with E-state index < -0.39 is 0 Å². The van der Waals surface area contributed by atoms with E-state index in [1.54, 1.807) is 13.3 Å². The molecule has 0 aliphatic heterocycles. The van der Waals surface area contributed by atoms with E-state index in [0.717, 1.165) is 36.2 Å². The van der Waals surface area contributed by atoms with Gasteiger partial charge in [0.05, 0.1) is 26.0 Å². The van der Waals surface area contributed by atoms with E-state index in [-0.39, 0.29) is 12.1 Å². The topological polar surface area (TPSA) is 138 Å². The van der Waals surface area contributed by atoms with Crippen LogP contribution in [0, 0.1) is 0 Å². The molecule has 10 heteroatoms. The number of fused-ring (bicyclic) bond motifs is 1. The molecule has 1 saturated carbocycles. The second-order valence-electron chi connectivity index (χ2n) is 9.73. The smallest absolute Gasteiger partial charge is 0.222 e. The van der Waals surface area contributed by atoms with Gasteiger partial charge in [0.15, 0.2) is 5.82 Å². The molecule has 4 aromatic rings. The monoisotopic (exact) mass is 516 g/mol. The molecular formula is C28H36N8O2. The van der Waals surface area contributed by atoms with Gasteiger partial charge < -0.3 is 31.6 Å². The van der Waals surface area contributed by atoms with Gasteiger partial charge in [-0.05, 0) is 49.1 Å². The molecule has 200 valence electrons. The molecule has 38 heavy (non-hydrogen) atoms. The molecule has 0 spiro atoms. The van der Waals surface area contributed by atoms with Gasteiger partial charge >= 0.3 is 0 Å². The minimum absolute atomic E-state index is 0.171. The molecule has 6 N–H and O–H groups in total. The lowest BCUT2D eigenvalue weighted by Crippen LogP contribution is -2.34. The Hall–Kier alpha value is -3.89. The van der Waals surface area contributed by atoms with Crippen LogP contribution in [-0.4, -0.2) is 39.1 Å². The van der Waals surface area contributed by atoms with Crippen LogP contribution in [-0.2, 0) is 13.1 Å². The first kappa shape index (κ1) is 25.7. The maximum absolute atomic E-state index is 6.22. The van der Waals surface area contributed by atoms with E-state index in [4.69, 9.17) is 20.9 Å². The van der Waals surface area contributed by atoms with Gasteiger partial charge in [0.2, 0.25) is 5.95 Å². The molecule has 0 radical (unpaired) electrons. The number of nitrogens with zero attached hydrogens (tertiary/aromatic N) is 4. The van der Waals surface area contributed by atoms with Crippen LogP contribution in [0.2, 0.25) is 0 Å². The number of nitrogen functional groups attached to an aromatic ring is 1. The van der Waals surface area contributed by atoms with Gasteiger partial charge in [-0.3, -0.25) is 4.68 Å². The Labute approximate surface area is 222 Å².